The van der Waals surface area contributed by atoms with Crippen LogP contribution in [0.3, 0.4) is 0 Å². The molecule has 0 aromatic carbocycles. The van der Waals surface area contributed by atoms with Crippen LogP contribution in [0.5, 0.6) is 0 Å². The van der Waals surface area contributed by atoms with Crippen LogP contribution in [-0.2, 0) is 7.05 Å². The van der Waals surface area contributed by atoms with Gasteiger partial charge in [0.15, 0.2) is 0 Å². The summed E-state index contributed by atoms with van der Waals surface area (Å²) in [7, 11) is 1.68. The second kappa shape index (κ2) is 5.40. The molecule has 0 aliphatic carbocycles. The van der Waals surface area contributed by atoms with Gasteiger partial charge < -0.3 is 0 Å². The van der Waals surface area contributed by atoms with Gasteiger partial charge in [-0.15, -0.1) is 11.3 Å². The molecule has 0 unspecified atom stereocenters. The van der Waals surface area contributed by atoms with E-state index >= 15 is 0 Å². The van der Waals surface area contributed by atoms with Crippen LogP contribution in [0.15, 0.2) is 59.2 Å². The monoisotopic (exact) mass is 320 g/mol. The highest BCUT2D eigenvalue weighted by atomic mass is 32.1. The lowest BCUT2D eigenvalue weighted by atomic mass is 10.1. The third-order valence-electron chi connectivity index (χ3n) is 3.69. The van der Waals surface area contributed by atoms with Crippen molar-refractivity contribution in [3.8, 4) is 22.4 Å². The minimum atomic E-state index is -0.0992. The number of hydrogen-bond donors (Lipinski definition) is 0. The van der Waals surface area contributed by atoms with Crippen molar-refractivity contribution in [1.82, 2.24) is 19.7 Å². The number of hydrogen-bond acceptors (Lipinski definition) is 5. The molecule has 0 radical (unpaired) electrons. The first-order valence-electron chi connectivity index (χ1n) is 7.05. The highest BCUT2D eigenvalue weighted by Crippen LogP contribution is 2.36. The Morgan fingerprint density at radius 2 is 1.87 bits per heavy atom. The molecule has 6 heteroatoms. The third kappa shape index (κ3) is 2.24. The Morgan fingerprint density at radius 3 is 2.61 bits per heavy atom. The molecule has 0 fully saturated rings. The van der Waals surface area contributed by atoms with E-state index in [-0.39, 0.29) is 5.56 Å². The lowest BCUT2D eigenvalue weighted by molar-refractivity contribution is 0.723. The van der Waals surface area contributed by atoms with Gasteiger partial charge >= 0.3 is 0 Å². The zero-order chi connectivity index (χ0) is 15.8. The summed E-state index contributed by atoms with van der Waals surface area (Å²) in [5.74, 6) is 0. The van der Waals surface area contributed by atoms with Crippen molar-refractivity contribution in [1.29, 1.82) is 0 Å². The van der Waals surface area contributed by atoms with Gasteiger partial charge in [0, 0.05) is 53.9 Å². The zero-order valence-corrected chi connectivity index (χ0v) is 13.1. The van der Waals surface area contributed by atoms with Crippen LogP contribution in [-0.4, -0.2) is 19.7 Å². The lowest BCUT2D eigenvalue weighted by Gasteiger charge is -2.06. The van der Waals surface area contributed by atoms with Gasteiger partial charge in [-0.25, -0.2) is 4.68 Å². The van der Waals surface area contributed by atoms with Gasteiger partial charge in [-0.3, -0.25) is 14.8 Å². The van der Waals surface area contributed by atoms with E-state index in [1.54, 1.807) is 31.8 Å². The topological polar surface area (TPSA) is 60.7 Å². The van der Waals surface area contributed by atoms with Crippen molar-refractivity contribution in [3.05, 3.63) is 64.8 Å². The summed E-state index contributed by atoms with van der Waals surface area (Å²) in [5, 5.41) is 7.13. The average Bonchev–Trinajstić information content (AvgIpc) is 3.05. The SMILES string of the molecule is Cn1nc(-c2ccncc2)c2scc(-c3cccnc3)c2c1=O. The number of rotatable bonds is 2. The number of pyridine rings is 2. The minimum Gasteiger partial charge on any atom is -0.267 e. The van der Waals surface area contributed by atoms with Gasteiger partial charge in [0.1, 0.15) is 5.69 Å². The van der Waals surface area contributed by atoms with E-state index in [1.807, 2.05) is 29.6 Å². The van der Waals surface area contributed by atoms with Crippen LogP contribution in [0, 0.1) is 0 Å². The maximum Gasteiger partial charge on any atom is 0.275 e. The Balaban J connectivity index is 2.08. The Morgan fingerprint density at radius 1 is 1.04 bits per heavy atom. The van der Waals surface area contributed by atoms with Crippen molar-refractivity contribution in [2.75, 3.05) is 0 Å². The second-order valence-corrected chi connectivity index (χ2v) is 5.99. The summed E-state index contributed by atoms with van der Waals surface area (Å²) in [4.78, 5) is 20.8. The molecule has 0 saturated heterocycles. The number of aryl methyl sites for hydroxylation is 1. The molecule has 4 heterocycles. The Hall–Kier alpha value is -2.86. The molecule has 112 valence electrons. The smallest absolute Gasteiger partial charge is 0.267 e. The van der Waals surface area contributed by atoms with E-state index in [9.17, 15) is 4.79 Å². The van der Waals surface area contributed by atoms with Crippen molar-refractivity contribution in [2.24, 2.45) is 7.05 Å². The summed E-state index contributed by atoms with van der Waals surface area (Å²) >= 11 is 1.53. The van der Waals surface area contributed by atoms with Gasteiger partial charge in [-0.2, -0.15) is 5.10 Å². The molecule has 5 nitrogen and oxygen atoms in total. The van der Waals surface area contributed by atoms with Crippen LogP contribution in [0.1, 0.15) is 0 Å². The Labute approximate surface area is 135 Å². The minimum absolute atomic E-state index is 0.0992. The van der Waals surface area contributed by atoms with Gasteiger partial charge in [-0.05, 0) is 18.2 Å². The summed E-state index contributed by atoms with van der Waals surface area (Å²) < 4.78 is 2.28. The molecule has 23 heavy (non-hydrogen) atoms. The molecule has 4 rings (SSSR count). The van der Waals surface area contributed by atoms with Crippen molar-refractivity contribution < 1.29 is 0 Å². The standard InChI is InChI=1S/C17H12N4OS/c1-21-17(22)14-13(12-3-2-6-19-9-12)10-23-16(14)15(20-21)11-4-7-18-8-5-11/h2-10H,1H3. The first-order chi connectivity index (χ1) is 11.3. The van der Waals surface area contributed by atoms with Gasteiger partial charge in [0.2, 0.25) is 0 Å². The van der Waals surface area contributed by atoms with Crippen molar-refractivity contribution in [3.63, 3.8) is 0 Å². The molecule has 0 spiro atoms. The van der Waals surface area contributed by atoms with Crippen LogP contribution in [0.25, 0.3) is 32.5 Å². The Kier molecular flexibility index (Phi) is 3.24. The quantitative estimate of drug-likeness (QED) is 0.569. The van der Waals surface area contributed by atoms with Crippen molar-refractivity contribution >= 4 is 21.4 Å². The molecule has 0 amide bonds. The molecular weight excluding hydrogens is 308 g/mol. The van der Waals surface area contributed by atoms with Gasteiger partial charge in [-0.1, -0.05) is 6.07 Å². The summed E-state index contributed by atoms with van der Waals surface area (Å²) in [6.45, 7) is 0. The highest BCUT2D eigenvalue weighted by molar-refractivity contribution is 7.18. The predicted octanol–water partition coefficient (Wildman–Crippen LogP) is 3.12. The highest BCUT2D eigenvalue weighted by Gasteiger charge is 2.17. The number of thiophene rings is 1. The lowest BCUT2D eigenvalue weighted by Crippen LogP contribution is -2.20. The van der Waals surface area contributed by atoms with E-state index in [0.717, 1.165) is 27.1 Å². The van der Waals surface area contributed by atoms with Gasteiger partial charge in [0.25, 0.3) is 5.56 Å². The van der Waals surface area contributed by atoms with Crippen molar-refractivity contribution in [2.45, 2.75) is 0 Å². The molecular formula is C17H12N4OS. The largest absolute Gasteiger partial charge is 0.275 e. The normalized spacial score (nSPS) is 11.0. The molecule has 0 bridgehead atoms. The number of fused-ring (bicyclic) bond motifs is 1. The summed E-state index contributed by atoms with van der Waals surface area (Å²) in [6, 6.07) is 7.63. The zero-order valence-electron chi connectivity index (χ0n) is 12.3. The van der Waals surface area contributed by atoms with Crippen LogP contribution in [0.2, 0.25) is 0 Å². The molecule has 0 atom stereocenters. The molecule has 0 saturated carbocycles. The summed E-state index contributed by atoms with van der Waals surface area (Å²) in [6.07, 6.45) is 6.95. The van der Waals surface area contributed by atoms with E-state index < -0.39 is 0 Å². The molecule has 4 aromatic heterocycles. The number of aromatic nitrogens is 4. The van der Waals surface area contributed by atoms with Crippen LogP contribution in [0.4, 0.5) is 0 Å². The van der Waals surface area contributed by atoms with E-state index in [0.29, 0.717) is 5.39 Å². The van der Waals surface area contributed by atoms with E-state index in [1.165, 1.54) is 16.0 Å². The average molecular weight is 320 g/mol. The predicted molar refractivity (Wildman–Crippen MR) is 91.3 cm³/mol. The first kappa shape index (κ1) is 13.8. The molecule has 4 aromatic rings. The van der Waals surface area contributed by atoms with E-state index in [2.05, 4.69) is 15.1 Å². The van der Waals surface area contributed by atoms with Crippen LogP contribution < -0.4 is 5.56 Å². The van der Waals surface area contributed by atoms with Crippen LogP contribution >= 0.6 is 11.3 Å². The van der Waals surface area contributed by atoms with E-state index in [4.69, 9.17) is 0 Å². The summed E-state index contributed by atoms with van der Waals surface area (Å²) in [5.41, 5.74) is 3.47. The fourth-order valence-electron chi connectivity index (χ4n) is 2.58. The maximum absolute atomic E-state index is 12.6. The fourth-order valence-corrected chi connectivity index (χ4v) is 3.66. The molecule has 0 N–H and O–H groups in total. The molecule has 0 aliphatic rings. The molecule has 0 aliphatic heterocycles. The number of nitrogens with zero attached hydrogens (tertiary/aromatic N) is 4. The maximum atomic E-state index is 12.6. The second-order valence-electron chi connectivity index (χ2n) is 5.11. The first-order valence-corrected chi connectivity index (χ1v) is 7.93. The fraction of sp³-hybridized carbons (Fsp3) is 0.0588. The third-order valence-corrected chi connectivity index (χ3v) is 4.68. The van der Waals surface area contributed by atoms with Gasteiger partial charge in [0.05, 0.1) is 10.1 Å². The Bertz CT molecular complexity index is 1040.